The summed E-state index contributed by atoms with van der Waals surface area (Å²) in [6.45, 7) is 5.88. The number of rotatable bonds is 14. The summed E-state index contributed by atoms with van der Waals surface area (Å²) in [6.07, 6.45) is 3.31. The van der Waals surface area contributed by atoms with E-state index in [0.29, 0.717) is 74.7 Å². The number of amides is 2. The monoisotopic (exact) mass is 717 g/mol. The summed E-state index contributed by atoms with van der Waals surface area (Å²) in [5.41, 5.74) is 1.74. The number of esters is 1. The first kappa shape index (κ1) is 38.6. The molecule has 2 fully saturated rings. The van der Waals surface area contributed by atoms with Gasteiger partial charge in [0.25, 0.3) is 5.91 Å². The highest BCUT2D eigenvalue weighted by atomic mass is 19.1. The second kappa shape index (κ2) is 17.7. The molecule has 3 aromatic rings. The second-order valence-corrected chi connectivity index (χ2v) is 13.7. The Labute approximate surface area is 306 Å². The van der Waals surface area contributed by atoms with Crippen molar-refractivity contribution in [3.63, 3.8) is 0 Å². The number of likely N-dealkylation sites (N-methyl/N-ethyl adjacent to an activating group) is 1. The Morgan fingerprint density at radius 1 is 0.885 bits per heavy atom. The Morgan fingerprint density at radius 3 is 2.06 bits per heavy atom. The van der Waals surface area contributed by atoms with Crippen LogP contribution in [0.4, 0.5) is 4.39 Å². The summed E-state index contributed by atoms with van der Waals surface area (Å²) in [6, 6.07) is 19.9. The molecule has 5 rings (SSSR count). The molecule has 0 radical (unpaired) electrons. The third-order valence-electron chi connectivity index (χ3n) is 10.7. The number of halogens is 1. The van der Waals surface area contributed by atoms with Gasteiger partial charge < -0.3 is 33.6 Å². The van der Waals surface area contributed by atoms with E-state index < -0.39 is 5.41 Å². The Bertz CT molecular complexity index is 1630. The highest BCUT2D eigenvalue weighted by Crippen LogP contribution is 2.40. The Hall–Kier alpha value is -4.64. The van der Waals surface area contributed by atoms with E-state index in [9.17, 15) is 18.8 Å². The number of hydrogen-bond donors (Lipinski definition) is 0. The van der Waals surface area contributed by atoms with E-state index in [1.165, 1.54) is 33.5 Å². The summed E-state index contributed by atoms with van der Waals surface area (Å²) < 4.78 is 35.6. The van der Waals surface area contributed by atoms with Gasteiger partial charge in [-0.1, -0.05) is 42.5 Å². The molecule has 11 heteroatoms. The van der Waals surface area contributed by atoms with E-state index in [1.54, 1.807) is 36.2 Å². The molecule has 0 spiro atoms. The molecular formula is C41H52FN3O7. The minimum atomic E-state index is -0.641. The molecule has 0 saturated carbocycles. The fraction of sp³-hybridized carbons (Fsp3) is 0.488. The minimum Gasteiger partial charge on any atom is -0.493 e. The Balaban J connectivity index is 1.28. The lowest BCUT2D eigenvalue weighted by atomic mass is 9.71. The van der Waals surface area contributed by atoms with Gasteiger partial charge in [0.1, 0.15) is 5.82 Å². The van der Waals surface area contributed by atoms with Crippen molar-refractivity contribution >= 4 is 17.8 Å². The van der Waals surface area contributed by atoms with Gasteiger partial charge in [-0.25, -0.2) is 4.39 Å². The van der Waals surface area contributed by atoms with Crippen LogP contribution in [0.2, 0.25) is 0 Å². The molecule has 2 aliphatic heterocycles. The maximum atomic E-state index is 14.4. The molecule has 0 aliphatic carbocycles. The molecule has 1 atom stereocenters. The lowest BCUT2D eigenvalue weighted by Gasteiger charge is -2.45. The van der Waals surface area contributed by atoms with Crippen LogP contribution in [0, 0.1) is 11.7 Å². The number of piperidine rings is 2. The number of likely N-dealkylation sites (tertiary alicyclic amines) is 2. The first-order chi connectivity index (χ1) is 25.1. The molecule has 0 bridgehead atoms. The van der Waals surface area contributed by atoms with E-state index in [1.807, 2.05) is 30.0 Å². The average molecular weight is 718 g/mol. The van der Waals surface area contributed by atoms with E-state index in [2.05, 4.69) is 17.0 Å². The SMILES string of the molecule is CCOC(=O)C1CCN(C(=O)C2(c3ccccc3)CCN(CCC(CN(C)C(=O)c3cc(OC)c(OC)c(OC)c3)c3ccc(F)cc3)CC2)CC1. The van der Waals surface area contributed by atoms with Crippen LogP contribution >= 0.6 is 0 Å². The van der Waals surface area contributed by atoms with Crippen LogP contribution in [0.1, 0.15) is 66.4 Å². The first-order valence-electron chi connectivity index (χ1n) is 18.2. The first-order valence-corrected chi connectivity index (χ1v) is 18.2. The van der Waals surface area contributed by atoms with Gasteiger partial charge in [0.15, 0.2) is 11.5 Å². The van der Waals surface area contributed by atoms with Crippen LogP contribution in [0.15, 0.2) is 66.7 Å². The predicted molar refractivity (Wildman–Crippen MR) is 197 cm³/mol. The number of hydrogen-bond acceptors (Lipinski definition) is 8. The normalized spacial score (nSPS) is 16.8. The summed E-state index contributed by atoms with van der Waals surface area (Å²) in [5.74, 6) is 0.410. The van der Waals surface area contributed by atoms with Gasteiger partial charge in [0.2, 0.25) is 11.7 Å². The van der Waals surface area contributed by atoms with Gasteiger partial charge in [-0.05, 0) is 94.1 Å². The van der Waals surface area contributed by atoms with Gasteiger partial charge in [-0.3, -0.25) is 14.4 Å². The molecule has 2 saturated heterocycles. The molecule has 0 N–H and O–H groups in total. The van der Waals surface area contributed by atoms with Crippen molar-refractivity contribution in [3.8, 4) is 17.2 Å². The molecule has 2 aliphatic rings. The zero-order chi connectivity index (χ0) is 37.3. The van der Waals surface area contributed by atoms with Crippen molar-refractivity contribution < 1.29 is 37.7 Å². The zero-order valence-corrected chi connectivity index (χ0v) is 31.1. The van der Waals surface area contributed by atoms with Crippen LogP contribution in [0.25, 0.3) is 0 Å². The lowest BCUT2D eigenvalue weighted by molar-refractivity contribution is -0.152. The summed E-state index contributed by atoms with van der Waals surface area (Å²) in [5, 5.41) is 0. The van der Waals surface area contributed by atoms with Gasteiger partial charge in [-0.2, -0.15) is 0 Å². The largest absolute Gasteiger partial charge is 0.493 e. The average Bonchev–Trinajstić information content (AvgIpc) is 3.19. The molecule has 3 aromatic carbocycles. The number of nitrogens with zero attached hydrogens (tertiary/aromatic N) is 3. The number of carbonyl (C=O) groups is 3. The molecule has 52 heavy (non-hydrogen) atoms. The number of ether oxygens (including phenoxy) is 4. The van der Waals surface area contributed by atoms with E-state index in [0.717, 1.165) is 37.2 Å². The van der Waals surface area contributed by atoms with Crippen LogP contribution in [-0.4, -0.2) is 107 Å². The van der Waals surface area contributed by atoms with Gasteiger partial charge >= 0.3 is 5.97 Å². The minimum absolute atomic E-state index is 0.0697. The third kappa shape index (κ3) is 8.69. The maximum Gasteiger partial charge on any atom is 0.309 e. The smallest absolute Gasteiger partial charge is 0.309 e. The van der Waals surface area contributed by atoms with E-state index in [-0.39, 0.29) is 35.4 Å². The van der Waals surface area contributed by atoms with Crippen molar-refractivity contribution in [1.82, 2.24) is 14.7 Å². The van der Waals surface area contributed by atoms with Crippen molar-refractivity contribution in [1.29, 1.82) is 0 Å². The van der Waals surface area contributed by atoms with E-state index in [4.69, 9.17) is 18.9 Å². The predicted octanol–water partition coefficient (Wildman–Crippen LogP) is 5.93. The molecule has 10 nitrogen and oxygen atoms in total. The van der Waals surface area contributed by atoms with Crippen LogP contribution in [0.5, 0.6) is 17.2 Å². The zero-order valence-electron chi connectivity index (χ0n) is 31.1. The number of carbonyl (C=O) groups excluding carboxylic acids is 3. The third-order valence-corrected chi connectivity index (χ3v) is 10.7. The standard InChI is InChI=1S/C41H52FN3O7/c1-6-52-39(47)30-17-22-45(23-18-30)40(48)41(33-10-8-7-9-11-33)19-24-44(25-20-41)21-16-31(29-12-14-34(42)15-13-29)28-43(2)38(46)32-26-35(49-3)37(51-5)36(27-32)50-4/h7-15,26-27,30-31H,6,16-25,28H2,1-5H3. The Kier molecular flexibility index (Phi) is 13.2. The Morgan fingerprint density at radius 2 is 1.50 bits per heavy atom. The fourth-order valence-corrected chi connectivity index (χ4v) is 7.70. The summed E-state index contributed by atoms with van der Waals surface area (Å²) in [7, 11) is 6.30. The van der Waals surface area contributed by atoms with Crippen LogP contribution in [-0.2, 0) is 19.7 Å². The topological polar surface area (TPSA) is 97.9 Å². The van der Waals surface area contributed by atoms with E-state index >= 15 is 0 Å². The highest BCUT2D eigenvalue weighted by Gasteiger charge is 2.46. The highest BCUT2D eigenvalue weighted by molar-refractivity contribution is 5.95. The van der Waals surface area contributed by atoms with Gasteiger partial charge in [-0.15, -0.1) is 0 Å². The van der Waals surface area contributed by atoms with Crippen molar-refractivity contribution in [2.75, 3.05) is 74.3 Å². The molecule has 0 aromatic heterocycles. The van der Waals surface area contributed by atoms with Crippen molar-refractivity contribution in [2.24, 2.45) is 5.92 Å². The molecule has 2 heterocycles. The summed E-state index contributed by atoms with van der Waals surface area (Å²) in [4.78, 5) is 46.5. The molecule has 1 unspecified atom stereocenters. The van der Waals surface area contributed by atoms with Gasteiger partial charge in [0, 0.05) is 38.2 Å². The quantitative estimate of drug-likeness (QED) is 0.189. The van der Waals surface area contributed by atoms with Gasteiger partial charge in [0.05, 0.1) is 39.3 Å². The van der Waals surface area contributed by atoms with Crippen LogP contribution in [0.3, 0.4) is 0 Å². The lowest BCUT2D eigenvalue weighted by Crippen LogP contribution is -2.55. The molecule has 280 valence electrons. The molecular weight excluding hydrogens is 665 g/mol. The molecule has 2 amide bonds. The fourth-order valence-electron chi connectivity index (χ4n) is 7.70. The second-order valence-electron chi connectivity index (χ2n) is 13.7. The van der Waals surface area contributed by atoms with Crippen molar-refractivity contribution in [3.05, 3.63) is 89.2 Å². The summed E-state index contributed by atoms with van der Waals surface area (Å²) >= 11 is 0. The number of benzene rings is 3. The number of methoxy groups -OCH3 is 3. The maximum absolute atomic E-state index is 14.4. The van der Waals surface area contributed by atoms with Crippen molar-refractivity contribution in [2.45, 2.75) is 50.4 Å². The van der Waals surface area contributed by atoms with Crippen LogP contribution < -0.4 is 14.2 Å².